The van der Waals surface area contributed by atoms with Crippen molar-refractivity contribution >= 4 is 11.8 Å². The Bertz CT molecular complexity index is 837. The fourth-order valence-corrected chi connectivity index (χ4v) is 2.08. The fraction of sp³-hybridized carbons (Fsp3) is 0.158. The Morgan fingerprint density at radius 2 is 1.50 bits per heavy atom. The third-order valence-electron chi connectivity index (χ3n) is 3.50. The molecule has 6 nitrogen and oxygen atoms in total. The molecular weight excluding hydrogens is 339 g/mol. The van der Waals surface area contributed by atoms with E-state index in [-0.39, 0.29) is 11.4 Å². The predicted octanol–water partition coefficient (Wildman–Crippen LogP) is 1.21. The Hall–Kier alpha value is -3.21. The van der Waals surface area contributed by atoms with E-state index in [1.54, 1.807) is 24.3 Å². The topological polar surface area (TPSA) is 98.7 Å². The number of aliphatic hydroxyl groups is 1. The van der Waals surface area contributed by atoms with E-state index in [0.717, 1.165) is 0 Å². The molecule has 0 fully saturated rings. The highest BCUT2D eigenvalue weighted by Gasteiger charge is 2.25. The number of hydrogen-bond acceptors (Lipinski definition) is 4. The van der Waals surface area contributed by atoms with Crippen LogP contribution in [0.2, 0.25) is 0 Å². The summed E-state index contributed by atoms with van der Waals surface area (Å²) in [6, 6.07) is 10.7. The summed E-state index contributed by atoms with van der Waals surface area (Å²) in [5.74, 6) is 3.92. The lowest BCUT2D eigenvalue weighted by atomic mass is 10.1. The lowest BCUT2D eigenvalue weighted by molar-refractivity contribution is -0.133. The molecule has 0 bridgehead atoms. The summed E-state index contributed by atoms with van der Waals surface area (Å²) in [7, 11) is 0. The minimum Gasteiger partial charge on any atom is -0.391 e. The molecule has 0 aliphatic rings. The largest absolute Gasteiger partial charge is 0.391 e. The van der Waals surface area contributed by atoms with Crippen molar-refractivity contribution in [2.75, 3.05) is 0 Å². The minimum atomic E-state index is -1.29. The molecule has 2 aromatic carbocycles. The van der Waals surface area contributed by atoms with Crippen molar-refractivity contribution in [3.8, 4) is 11.8 Å². The Kier molecular flexibility index (Phi) is 6.44. The second-order valence-corrected chi connectivity index (χ2v) is 5.50. The quantitative estimate of drug-likeness (QED) is 0.376. The van der Waals surface area contributed by atoms with Crippen LogP contribution >= 0.6 is 0 Å². The van der Waals surface area contributed by atoms with Gasteiger partial charge in [-0.15, -0.1) is 0 Å². The number of halogens is 1. The molecule has 0 heterocycles. The van der Waals surface area contributed by atoms with Crippen LogP contribution in [0, 0.1) is 17.7 Å². The number of aliphatic hydroxyl groups excluding tert-OH is 1. The number of carbonyl (C=O) groups is 2. The van der Waals surface area contributed by atoms with E-state index in [1.807, 2.05) is 0 Å². The SMILES string of the molecule is CC(O)C(NC(=O)c1ccc(C#Cc2ccc(F)cc2)cc1)C(=O)NO. The van der Waals surface area contributed by atoms with Crippen molar-refractivity contribution in [2.24, 2.45) is 0 Å². The molecular formula is C19H17FN2O4. The van der Waals surface area contributed by atoms with E-state index in [2.05, 4.69) is 17.2 Å². The van der Waals surface area contributed by atoms with Gasteiger partial charge in [-0.25, -0.2) is 9.87 Å². The highest BCUT2D eigenvalue weighted by molar-refractivity contribution is 5.97. The number of hydroxylamine groups is 1. The standard InChI is InChI=1S/C19H17FN2O4/c1-12(23)17(19(25)22-26)21-18(24)15-8-4-13(5-9-15)2-3-14-6-10-16(20)11-7-14/h4-12,17,23,26H,1H3,(H,21,24)(H,22,25). The third-order valence-corrected chi connectivity index (χ3v) is 3.50. The van der Waals surface area contributed by atoms with Crippen molar-refractivity contribution in [1.82, 2.24) is 10.8 Å². The van der Waals surface area contributed by atoms with Crippen LogP contribution in [-0.4, -0.2) is 34.3 Å². The fourth-order valence-electron chi connectivity index (χ4n) is 2.08. The number of amides is 2. The number of benzene rings is 2. The average molecular weight is 356 g/mol. The molecule has 2 atom stereocenters. The van der Waals surface area contributed by atoms with Gasteiger partial charge in [0.05, 0.1) is 6.10 Å². The first kappa shape index (κ1) is 19.1. The average Bonchev–Trinajstić information content (AvgIpc) is 2.65. The minimum absolute atomic E-state index is 0.258. The molecule has 134 valence electrons. The van der Waals surface area contributed by atoms with Gasteiger partial charge >= 0.3 is 0 Å². The van der Waals surface area contributed by atoms with Crippen LogP contribution in [0.4, 0.5) is 4.39 Å². The number of carbonyl (C=O) groups excluding carboxylic acids is 2. The summed E-state index contributed by atoms with van der Waals surface area (Å²) in [4.78, 5) is 23.6. The second-order valence-electron chi connectivity index (χ2n) is 5.50. The maximum absolute atomic E-state index is 12.8. The summed E-state index contributed by atoms with van der Waals surface area (Å²) in [6.07, 6.45) is -1.19. The summed E-state index contributed by atoms with van der Waals surface area (Å²) in [5.41, 5.74) is 2.95. The monoisotopic (exact) mass is 356 g/mol. The number of rotatable bonds is 4. The summed E-state index contributed by atoms with van der Waals surface area (Å²) < 4.78 is 12.8. The van der Waals surface area contributed by atoms with Gasteiger partial charge in [-0.05, 0) is 55.5 Å². The lowest BCUT2D eigenvalue weighted by Gasteiger charge is -2.19. The number of nitrogens with one attached hydrogen (secondary N) is 2. The van der Waals surface area contributed by atoms with Gasteiger partial charge in [-0.3, -0.25) is 14.8 Å². The van der Waals surface area contributed by atoms with Crippen LogP contribution in [-0.2, 0) is 4.79 Å². The van der Waals surface area contributed by atoms with Gasteiger partial charge < -0.3 is 10.4 Å². The maximum Gasteiger partial charge on any atom is 0.268 e. The van der Waals surface area contributed by atoms with Gasteiger partial charge in [0.2, 0.25) is 0 Å². The van der Waals surface area contributed by atoms with Gasteiger partial charge in [0.25, 0.3) is 11.8 Å². The van der Waals surface area contributed by atoms with Crippen molar-refractivity contribution in [1.29, 1.82) is 0 Å². The highest BCUT2D eigenvalue weighted by atomic mass is 19.1. The molecule has 0 aromatic heterocycles. The first-order valence-electron chi connectivity index (χ1n) is 7.71. The van der Waals surface area contributed by atoms with Gasteiger partial charge in [0, 0.05) is 16.7 Å². The molecule has 2 aromatic rings. The van der Waals surface area contributed by atoms with E-state index >= 15 is 0 Å². The molecule has 0 saturated heterocycles. The van der Waals surface area contributed by atoms with Gasteiger partial charge in [0.1, 0.15) is 11.9 Å². The Balaban J connectivity index is 2.08. The molecule has 0 saturated carbocycles. The van der Waals surface area contributed by atoms with Crippen LogP contribution in [0.1, 0.15) is 28.4 Å². The zero-order valence-corrected chi connectivity index (χ0v) is 13.9. The molecule has 2 rings (SSSR count). The van der Waals surface area contributed by atoms with E-state index in [1.165, 1.54) is 36.7 Å². The second kappa shape index (κ2) is 8.76. The molecule has 0 spiro atoms. The van der Waals surface area contributed by atoms with Crippen molar-refractivity contribution in [3.05, 3.63) is 71.0 Å². The van der Waals surface area contributed by atoms with Crippen LogP contribution in [0.3, 0.4) is 0 Å². The van der Waals surface area contributed by atoms with Crippen LogP contribution in [0.5, 0.6) is 0 Å². The summed E-state index contributed by atoms with van der Waals surface area (Å²) >= 11 is 0. The van der Waals surface area contributed by atoms with Crippen LogP contribution in [0.25, 0.3) is 0 Å². The van der Waals surface area contributed by atoms with Crippen molar-refractivity contribution in [2.45, 2.75) is 19.1 Å². The van der Waals surface area contributed by atoms with Crippen LogP contribution < -0.4 is 10.8 Å². The first-order chi connectivity index (χ1) is 12.4. The van der Waals surface area contributed by atoms with Crippen molar-refractivity contribution < 1.29 is 24.3 Å². The molecule has 0 aliphatic heterocycles. The maximum atomic E-state index is 12.8. The van der Waals surface area contributed by atoms with Crippen molar-refractivity contribution in [3.63, 3.8) is 0 Å². The van der Waals surface area contributed by atoms with Gasteiger partial charge in [0.15, 0.2) is 0 Å². The first-order valence-corrected chi connectivity index (χ1v) is 7.71. The van der Waals surface area contributed by atoms with Gasteiger partial charge in [-0.2, -0.15) is 0 Å². The Morgan fingerprint density at radius 3 is 1.96 bits per heavy atom. The Labute approximate surface area is 149 Å². The zero-order chi connectivity index (χ0) is 19.1. The third kappa shape index (κ3) is 5.14. The van der Waals surface area contributed by atoms with E-state index in [9.17, 15) is 19.1 Å². The Morgan fingerprint density at radius 1 is 1.00 bits per heavy atom. The highest BCUT2D eigenvalue weighted by Crippen LogP contribution is 2.06. The zero-order valence-electron chi connectivity index (χ0n) is 13.9. The van der Waals surface area contributed by atoms with E-state index < -0.39 is 24.0 Å². The molecule has 2 unspecified atom stereocenters. The van der Waals surface area contributed by atoms with Gasteiger partial charge in [-0.1, -0.05) is 11.8 Å². The molecule has 0 radical (unpaired) electrons. The summed E-state index contributed by atoms with van der Waals surface area (Å²) in [5, 5.41) is 20.5. The van der Waals surface area contributed by atoms with E-state index in [0.29, 0.717) is 11.1 Å². The smallest absolute Gasteiger partial charge is 0.268 e. The lowest BCUT2D eigenvalue weighted by Crippen LogP contribution is -2.51. The number of hydrogen-bond donors (Lipinski definition) is 4. The molecule has 7 heteroatoms. The molecule has 0 aliphatic carbocycles. The summed E-state index contributed by atoms with van der Waals surface area (Å²) in [6.45, 7) is 1.31. The molecule has 26 heavy (non-hydrogen) atoms. The molecule has 2 amide bonds. The normalized spacial score (nSPS) is 12.3. The predicted molar refractivity (Wildman–Crippen MR) is 91.7 cm³/mol. The van der Waals surface area contributed by atoms with Crippen LogP contribution in [0.15, 0.2) is 48.5 Å². The molecule has 4 N–H and O–H groups in total. The van der Waals surface area contributed by atoms with E-state index in [4.69, 9.17) is 5.21 Å².